The third-order valence-electron chi connectivity index (χ3n) is 3.52. The Balaban J connectivity index is 2.19. The van der Waals surface area contributed by atoms with Gasteiger partial charge in [0.25, 0.3) is 0 Å². The van der Waals surface area contributed by atoms with Crippen molar-refractivity contribution in [3.63, 3.8) is 0 Å². The van der Waals surface area contributed by atoms with Gasteiger partial charge in [0.1, 0.15) is 5.84 Å². The van der Waals surface area contributed by atoms with Gasteiger partial charge in [0.15, 0.2) is 0 Å². The molecule has 4 nitrogen and oxygen atoms in total. The van der Waals surface area contributed by atoms with Crippen LogP contribution in [0, 0.1) is 11.3 Å². The number of nitrogens with zero attached hydrogens (tertiary/aromatic N) is 2. The molecule has 2 rings (SSSR count). The first-order valence-corrected chi connectivity index (χ1v) is 6.25. The summed E-state index contributed by atoms with van der Waals surface area (Å²) in [6.07, 6.45) is 7.52. The van der Waals surface area contributed by atoms with E-state index in [0.717, 1.165) is 30.3 Å². The molecule has 1 aromatic rings. The first-order chi connectivity index (χ1) is 8.22. The minimum atomic E-state index is 0.120. The van der Waals surface area contributed by atoms with Gasteiger partial charge in [0.05, 0.1) is 11.9 Å². The second-order valence-electron chi connectivity index (χ2n) is 4.64. The van der Waals surface area contributed by atoms with Gasteiger partial charge in [0.2, 0.25) is 0 Å². The molecule has 1 heterocycles. The van der Waals surface area contributed by atoms with Crippen LogP contribution < -0.4 is 10.6 Å². The minimum Gasteiger partial charge on any atom is -0.384 e. The zero-order valence-corrected chi connectivity index (χ0v) is 10.3. The molecule has 1 aliphatic carbocycles. The van der Waals surface area contributed by atoms with Crippen molar-refractivity contribution in [2.75, 3.05) is 18.0 Å². The molecule has 92 valence electrons. The van der Waals surface area contributed by atoms with E-state index >= 15 is 0 Å². The van der Waals surface area contributed by atoms with Crippen molar-refractivity contribution in [2.45, 2.75) is 26.2 Å². The average molecular weight is 232 g/mol. The lowest BCUT2D eigenvalue weighted by Crippen LogP contribution is -2.34. The summed E-state index contributed by atoms with van der Waals surface area (Å²) < 4.78 is 0. The van der Waals surface area contributed by atoms with Gasteiger partial charge in [-0.15, -0.1) is 0 Å². The Bertz CT molecular complexity index is 398. The molecule has 0 bridgehead atoms. The maximum atomic E-state index is 7.61. The van der Waals surface area contributed by atoms with Crippen molar-refractivity contribution >= 4 is 11.5 Å². The summed E-state index contributed by atoms with van der Waals surface area (Å²) in [7, 11) is 0. The molecule has 1 aliphatic rings. The van der Waals surface area contributed by atoms with Crippen LogP contribution >= 0.6 is 0 Å². The maximum absolute atomic E-state index is 7.61. The van der Waals surface area contributed by atoms with Gasteiger partial charge >= 0.3 is 0 Å². The minimum absolute atomic E-state index is 0.120. The second-order valence-corrected chi connectivity index (χ2v) is 4.64. The zero-order valence-electron chi connectivity index (χ0n) is 10.3. The highest BCUT2D eigenvalue weighted by Crippen LogP contribution is 2.29. The Labute approximate surface area is 102 Å². The fraction of sp³-hybridized carbons (Fsp3) is 0.538. The van der Waals surface area contributed by atoms with Crippen molar-refractivity contribution in [2.24, 2.45) is 11.7 Å². The van der Waals surface area contributed by atoms with E-state index in [-0.39, 0.29) is 5.84 Å². The molecule has 1 fully saturated rings. The number of nitrogens with one attached hydrogen (secondary N) is 1. The molecule has 3 N–H and O–H groups in total. The van der Waals surface area contributed by atoms with Gasteiger partial charge in [-0.1, -0.05) is 6.42 Å². The van der Waals surface area contributed by atoms with E-state index in [1.54, 1.807) is 6.20 Å². The molecule has 0 atom stereocenters. The molecule has 0 amide bonds. The molecular weight excluding hydrogens is 212 g/mol. The van der Waals surface area contributed by atoms with E-state index in [9.17, 15) is 0 Å². The molecule has 1 aromatic heterocycles. The normalized spacial score (nSPS) is 15.4. The van der Waals surface area contributed by atoms with Gasteiger partial charge < -0.3 is 10.6 Å². The molecule has 0 radical (unpaired) electrons. The van der Waals surface area contributed by atoms with Crippen molar-refractivity contribution in [3.8, 4) is 0 Å². The average Bonchev–Trinajstić information content (AvgIpc) is 2.28. The highest BCUT2D eigenvalue weighted by molar-refractivity contribution is 6.00. The number of hydrogen-bond acceptors (Lipinski definition) is 3. The van der Waals surface area contributed by atoms with Crippen LogP contribution in [0.15, 0.2) is 18.5 Å². The number of nitrogens with two attached hydrogens (primary N) is 1. The van der Waals surface area contributed by atoms with E-state index in [1.807, 2.05) is 12.3 Å². The fourth-order valence-electron chi connectivity index (χ4n) is 2.25. The Hall–Kier alpha value is -1.58. The topological polar surface area (TPSA) is 66.0 Å². The summed E-state index contributed by atoms with van der Waals surface area (Å²) >= 11 is 0. The summed E-state index contributed by atoms with van der Waals surface area (Å²) in [5.74, 6) is 0.921. The number of rotatable bonds is 5. The number of anilines is 1. The molecule has 0 spiro atoms. The largest absolute Gasteiger partial charge is 0.384 e. The van der Waals surface area contributed by atoms with E-state index in [4.69, 9.17) is 11.1 Å². The lowest BCUT2D eigenvalue weighted by atomic mass is 9.85. The number of aromatic nitrogens is 1. The SMILES string of the molecule is CCN(CC1CCC1)c1cnccc1C(=N)N. The van der Waals surface area contributed by atoms with Crippen LogP contribution in [0.2, 0.25) is 0 Å². The van der Waals surface area contributed by atoms with Gasteiger partial charge in [0, 0.05) is 24.8 Å². The van der Waals surface area contributed by atoms with Crippen LogP contribution in [-0.4, -0.2) is 23.9 Å². The van der Waals surface area contributed by atoms with Crippen molar-refractivity contribution in [1.82, 2.24) is 4.98 Å². The number of hydrogen-bond donors (Lipinski definition) is 2. The quantitative estimate of drug-likeness (QED) is 0.602. The number of nitrogen functional groups attached to an aromatic ring is 1. The Kier molecular flexibility index (Phi) is 3.61. The van der Waals surface area contributed by atoms with Crippen LogP contribution in [0.25, 0.3) is 0 Å². The fourth-order valence-corrected chi connectivity index (χ4v) is 2.25. The Morgan fingerprint density at radius 3 is 2.88 bits per heavy atom. The second kappa shape index (κ2) is 5.17. The van der Waals surface area contributed by atoms with Gasteiger partial charge in [-0.05, 0) is 31.7 Å². The van der Waals surface area contributed by atoms with Gasteiger partial charge in [-0.25, -0.2) is 0 Å². The predicted octanol–water partition coefficient (Wildman–Crippen LogP) is 1.99. The Morgan fingerprint density at radius 1 is 1.59 bits per heavy atom. The lowest BCUT2D eigenvalue weighted by Gasteiger charge is -2.33. The van der Waals surface area contributed by atoms with Crippen molar-refractivity contribution in [1.29, 1.82) is 5.41 Å². The molecule has 0 saturated heterocycles. The van der Waals surface area contributed by atoms with E-state index in [1.165, 1.54) is 19.3 Å². The molecule has 0 aromatic carbocycles. The van der Waals surface area contributed by atoms with Crippen molar-refractivity contribution < 1.29 is 0 Å². The standard InChI is InChI=1S/C13H20N4/c1-2-17(9-10-4-3-5-10)12-8-16-7-6-11(12)13(14)15/h6-8,10H,2-5,9H2,1H3,(H3,14,15). The molecule has 1 saturated carbocycles. The Morgan fingerprint density at radius 2 is 2.35 bits per heavy atom. The third kappa shape index (κ3) is 2.57. The summed E-state index contributed by atoms with van der Waals surface area (Å²) in [5.41, 5.74) is 7.40. The monoisotopic (exact) mass is 232 g/mol. The smallest absolute Gasteiger partial charge is 0.125 e. The van der Waals surface area contributed by atoms with Gasteiger partial charge in [-0.3, -0.25) is 10.4 Å². The van der Waals surface area contributed by atoms with Crippen LogP contribution in [0.5, 0.6) is 0 Å². The number of pyridine rings is 1. The highest BCUT2D eigenvalue weighted by atomic mass is 15.1. The lowest BCUT2D eigenvalue weighted by molar-refractivity contribution is 0.318. The first-order valence-electron chi connectivity index (χ1n) is 6.25. The maximum Gasteiger partial charge on any atom is 0.125 e. The molecule has 17 heavy (non-hydrogen) atoms. The summed E-state index contributed by atoms with van der Waals surface area (Å²) in [4.78, 5) is 6.44. The highest BCUT2D eigenvalue weighted by Gasteiger charge is 2.21. The van der Waals surface area contributed by atoms with Crippen LogP contribution in [0.4, 0.5) is 5.69 Å². The van der Waals surface area contributed by atoms with Crippen LogP contribution in [0.1, 0.15) is 31.7 Å². The predicted molar refractivity (Wildman–Crippen MR) is 70.5 cm³/mol. The van der Waals surface area contributed by atoms with Crippen molar-refractivity contribution in [3.05, 3.63) is 24.0 Å². The van der Waals surface area contributed by atoms with E-state index in [0.29, 0.717) is 0 Å². The van der Waals surface area contributed by atoms with E-state index < -0.39 is 0 Å². The summed E-state index contributed by atoms with van der Waals surface area (Å²) in [6.45, 7) is 4.13. The zero-order chi connectivity index (χ0) is 12.3. The van der Waals surface area contributed by atoms with Gasteiger partial charge in [-0.2, -0.15) is 0 Å². The first kappa shape index (κ1) is 11.9. The molecule has 0 aliphatic heterocycles. The third-order valence-corrected chi connectivity index (χ3v) is 3.52. The molecular formula is C13H20N4. The summed E-state index contributed by atoms with van der Waals surface area (Å²) in [5, 5.41) is 7.61. The summed E-state index contributed by atoms with van der Waals surface area (Å²) in [6, 6.07) is 1.82. The van der Waals surface area contributed by atoms with E-state index in [2.05, 4.69) is 16.8 Å². The molecule has 4 heteroatoms. The van der Waals surface area contributed by atoms with Crippen LogP contribution in [0.3, 0.4) is 0 Å². The number of amidine groups is 1. The molecule has 0 unspecified atom stereocenters. The van der Waals surface area contributed by atoms with Crippen LogP contribution in [-0.2, 0) is 0 Å².